The van der Waals surface area contributed by atoms with Gasteiger partial charge in [-0.15, -0.1) is 0 Å². The minimum absolute atomic E-state index is 0.0245. The lowest BCUT2D eigenvalue weighted by Gasteiger charge is -2.23. The number of rotatable bonds is 4. The van der Waals surface area contributed by atoms with Gasteiger partial charge in [0.05, 0.1) is 0 Å². The van der Waals surface area contributed by atoms with Crippen LogP contribution in [0.4, 0.5) is 4.39 Å². The van der Waals surface area contributed by atoms with Crippen molar-refractivity contribution in [2.75, 3.05) is 20.1 Å². The van der Waals surface area contributed by atoms with Gasteiger partial charge in [0, 0.05) is 30.8 Å². The number of nitrogens with one attached hydrogen (secondary N) is 1. The zero-order chi connectivity index (χ0) is 14.5. The van der Waals surface area contributed by atoms with Crippen LogP contribution in [0.1, 0.15) is 25.3 Å². The first-order chi connectivity index (χ1) is 9.63. The quantitative estimate of drug-likeness (QED) is 0.857. The van der Waals surface area contributed by atoms with E-state index in [1.807, 2.05) is 11.9 Å². The molecule has 1 saturated heterocycles. The van der Waals surface area contributed by atoms with E-state index in [0.29, 0.717) is 11.1 Å². The Bertz CT molecular complexity index is 513. The molecule has 1 unspecified atom stereocenters. The molecule has 1 aromatic rings. The van der Waals surface area contributed by atoms with E-state index in [4.69, 9.17) is 0 Å². The summed E-state index contributed by atoms with van der Waals surface area (Å²) < 4.78 is 13.7. The highest BCUT2D eigenvalue weighted by Gasteiger charge is 2.26. The maximum atomic E-state index is 13.7. The van der Waals surface area contributed by atoms with Crippen molar-refractivity contribution >= 4 is 11.5 Å². The third-order valence-electron chi connectivity index (χ3n) is 3.74. The summed E-state index contributed by atoms with van der Waals surface area (Å²) in [6, 6.07) is 6.79. The highest BCUT2D eigenvalue weighted by molar-refractivity contribution is 5.95. The summed E-state index contributed by atoms with van der Waals surface area (Å²) in [7, 11) is 1.89. The first-order valence-corrected chi connectivity index (χ1v) is 7.02. The van der Waals surface area contributed by atoms with Gasteiger partial charge in [0.15, 0.2) is 0 Å². The fraction of sp³-hybridized carbons (Fsp3) is 0.438. The van der Waals surface area contributed by atoms with Crippen molar-refractivity contribution in [1.29, 1.82) is 0 Å². The average Bonchev–Trinajstić information content (AvgIpc) is 2.88. The number of hydrogen-bond donors (Lipinski definition) is 1. The van der Waals surface area contributed by atoms with Crippen molar-refractivity contribution in [2.24, 2.45) is 0 Å². The number of amides is 1. The second-order valence-electron chi connectivity index (χ2n) is 5.19. The molecule has 1 aliphatic rings. The average molecular weight is 276 g/mol. The van der Waals surface area contributed by atoms with Crippen LogP contribution < -0.4 is 5.32 Å². The second kappa shape index (κ2) is 6.66. The summed E-state index contributed by atoms with van der Waals surface area (Å²) in [6.45, 7) is 3.37. The minimum atomic E-state index is -0.290. The summed E-state index contributed by atoms with van der Waals surface area (Å²) in [5.41, 5.74) is 1.16. The highest BCUT2D eigenvalue weighted by atomic mass is 19.1. The minimum Gasteiger partial charge on any atom is -0.335 e. The van der Waals surface area contributed by atoms with Gasteiger partial charge in [-0.25, -0.2) is 4.39 Å². The number of halogens is 1. The SMILES string of the molecule is CNCC1CCCN1C(=O)/C=C(/C)c1ccccc1F. The van der Waals surface area contributed by atoms with Gasteiger partial charge >= 0.3 is 0 Å². The van der Waals surface area contributed by atoms with Crippen LogP contribution in [0.3, 0.4) is 0 Å². The van der Waals surface area contributed by atoms with Crippen molar-refractivity contribution < 1.29 is 9.18 Å². The van der Waals surface area contributed by atoms with E-state index >= 15 is 0 Å². The topological polar surface area (TPSA) is 32.3 Å². The third-order valence-corrected chi connectivity index (χ3v) is 3.74. The Labute approximate surface area is 119 Å². The Morgan fingerprint density at radius 3 is 2.95 bits per heavy atom. The zero-order valence-electron chi connectivity index (χ0n) is 12.0. The van der Waals surface area contributed by atoms with E-state index in [9.17, 15) is 9.18 Å². The molecule has 0 aromatic heterocycles. The number of likely N-dealkylation sites (N-methyl/N-ethyl adjacent to an activating group) is 1. The number of likely N-dealkylation sites (tertiary alicyclic amines) is 1. The second-order valence-corrected chi connectivity index (χ2v) is 5.19. The number of carbonyl (C=O) groups excluding carboxylic acids is 1. The Morgan fingerprint density at radius 1 is 1.50 bits per heavy atom. The zero-order valence-corrected chi connectivity index (χ0v) is 12.0. The first-order valence-electron chi connectivity index (χ1n) is 7.02. The van der Waals surface area contributed by atoms with Gasteiger partial charge in [-0.05, 0) is 38.5 Å². The van der Waals surface area contributed by atoms with Gasteiger partial charge in [0.2, 0.25) is 5.91 Å². The molecule has 108 valence electrons. The summed E-state index contributed by atoms with van der Waals surface area (Å²) in [6.07, 6.45) is 3.61. The molecule has 2 rings (SSSR count). The Balaban J connectivity index is 2.13. The molecule has 1 amide bonds. The van der Waals surface area contributed by atoms with Crippen LogP contribution in [0.5, 0.6) is 0 Å². The predicted octanol–water partition coefficient (Wildman–Crippen LogP) is 2.44. The summed E-state index contributed by atoms with van der Waals surface area (Å²) in [4.78, 5) is 14.2. The van der Waals surface area contributed by atoms with Gasteiger partial charge in [-0.3, -0.25) is 4.79 Å². The van der Waals surface area contributed by atoms with Crippen LogP contribution >= 0.6 is 0 Å². The Hall–Kier alpha value is -1.68. The normalized spacial score (nSPS) is 19.4. The molecule has 1 atom stereocenters. The molecule has 4 heteroatoms. The monoisotopic (exact) mass is 276 g/mol. The molecular weight excluding hydrogens is 255 g/mol. The van der Waals surface area contributed by atoms with Crippen LogP contribution in [0.2, 0.25) is 0 Å². The lowest BCUT2D eigenvalue weighted by Crippen LogP contribution is -2.40. The van der Waals surface area contributed by atoms with E-state index in [-0.39, 0.29) is 17.8 Å². The van der Waals surface area contributed by atoms with Gasteiger partial charge in [-0.1, -0.05) is 18.2 Å². The molecule has 0 bridgehead atoms. The van der Waals surface area contributed by atoms with Crippen molar-refractivity contribution in [3.8, 4) is 0 Å². The van der Waals surface area contributed by atoms with E-state index in [2.05, 4.69) is 5.32 Å². The smallest absolute Gasteiger partial charge is 0.247 e. The van der Waals surface area contributed by atoms with Crippen molar-refractivity contribution in [2.45, 2.75) is 25.8 Å². The van der Waals surface area contributed by atoms with Crippen molar-refractivity contribution in [3.05, 3.63) is 41.7 Å². The number of nitrogens with zero attached hydrogens (tertiary/aromatic N) is 1. The maximum absolute atomic E-state index is 13.7. The third kappa shape index (κ3) is 3.25. The van der Waals surface area contributed by atoms with Crippen molar-refractivity contribution in [3.63, 3.8) is 0 Å². The molecule has 0 spiro atoms. The fourth-order valence-corrected chi connectivity index (χ4v) is 2.70. The van der Waals surface area contributed by atoms with Crippen LogP contribution in [0, 0.1) is 5.82 Å². The van der Waals surface area contributed by atoms with Crippen LogP contribution in [-0.2, 0) is 4.79 Å². The van der Waals surface area contributed by atoms with Crippen LogP contribution in [0.15, 0.2) is 30.3 Å². The number of carbonyl (C=O) groups is 1. The molecular formula is C16H21FN2O. The van der Waals surface area contributed by atoms with E-state index in [1.54, 1.807) is 31.2 Å². The Morgan fingerprint density at radius 2 is 2.25 bits per heavy atom. The van der Waals surface area contributed by atoms with E-state index in [0.717, 1.165) is 25.9 Å². The molecule has 20 heavy (non-hydrogen) atoms. The number of allylic oxidation sites excluding steroid dienone is 1. The predicted molar refractivity (Wildman–Crippen MR) is 78.7 cm³/mol. The van der Waals surface area contributed by atoms with E-state index < -0.39 is 0 Å². The standard InChI is InChI=1S/C16H21FN2O/c1-12(14-7-3-4-8-15(14)17)10-16(20)19-9-5-6-13(19)11-18-2/h3-4,7-8,10,13,18H,5-6,9,11H2,1-2H3/b12-10-. The Kier molecular flexibility index (Phi) is 4.90. The van der Waals surface area contributed by atoms with Crippen LogP contribution in [-0.4, -0.2) is 37.0 Å². The van der Waals surface area contributed by atoms with Gasteiger partial charge < -0.3 is 10.2 Å². The summed E-state index contributed by atoms with van der Waals surface area (Å²) in [5.74, 6) is -0.314. The molecule has 1 aliphatic heterocycles. The van der Waals surface area contributed by atoms with E-state index in [1.165, 1.54) is 6.07 Å². The molecule has 1 aromatic carbocycles. The number of benzene rings is 1. The first kappa shape index (κ1) is 14.7. The molecule has 0 radical (unpaired) electrons. The lowest BCUT2D eigenvalue weighted by atomic mass is 10.1. The molecule has 1 heterocycles. The lowest BCUT2D eigenvalue weighted by molar-refractivity contribution is -0.126. The summed E-state index contributed by atoms with van der Waals surface area (Å²) >= 11 is 0. The van der Waals surface area contributed by atoms with Crippen LogP contribution in [0.25, 0.3) is 5.57 Å². The van der Waals surface area contributed by atoms with Gasteiger partial charge in [0.25, 0.3) is 0 Å². The maximum Gasteiger partial charge on any atom is 0.247 e. The fourth-order valence-electron chi connectivity index (χ4n) is 2.70. The summed E-state index contributed by atoms with van der Waals surface area (Å²) in [5, 5.41) is 3.11. The van der Waals surface area contributed by atoms with Crippen molar-refractivity contribution in [1.82, 2.24) is 10.2 Å². The molecule has 0 saturated carbocycles. The number of hydrogen-bond acceptors (Lipinski definition) is 2. The highest BCUT2D eigenvalue weighted by Crippen LogP contribution is 2.21. The molecule has 1 fully saturated rings. The largest absolute Gasteiger partial charge is 0.335 e. The van der Waals surface area contributed by atoms with Gasteiger partial charge in [0.1, 0.15) is 5.82 Å². The molecule has 1 N–H and O–H groups in total. The molecule has 3 nitrogen and oxygen atoms in total. The van der Waals surface area contributed by atoms with Gasteiger partial charge in [-0.2, -0.15) is 0 Å². The molecule has 0 aliphatic carbocycles.